The van der Waals surface area contributed by atoms with Gasteiger partial charge in [-0.05, 0) is 23.8 Å². The van der Waals surface area contributed by atoms with E-state index in [9.17, 15) is 9.59 Å². The standard InChI is InChI=1S/C19H27NO3/c1-19(2,3)15-8-6-14(7-9-15)17(21)10-11-18(22)20-13-16-5-4-12-23-16/h6-9,16H,4-5,10-13H2,1-3H3,(H,20,22). The quantitative estimate of drug-likeness (QED) is 0.820. The number of hydrogen-bond donors (Lipinski definition) is 1. The summed E-state index contributed by atoms with van der Waals surface area (Å²) < 4.78 is 5.46. The second-order valence-corrected chi connectivity index (χ2v) is 7.19. The predicted molar refractivity (Wildman–Crippen MR) is 90.7 cm³/mol. The number of hydrogen-bond acceptors (Lipinski definition) is 3. The van der Waals surface area contributed by atoms with Gasteiger partial charge in [-0.2, -0.15) is 0 Å². The second kappa shape index (κ2) is 7.73. The number of carbonyl (C=O) groups excluding carboxylic acids is 2. The summed E-state index contributed by atoms with van der Waals surface area (Å²) in [5.74, 6) is -0.0714. The van der Waals surface area contributed by atoms with E-state index < -0.39 is 0 Å². The molecule has 0 saturated carbocycles. The maximum absolute atomic E-state index is 12.2. The number of Topliss-reactive ketones (excluding diaryl/α,β-unsaturated/α-hetero) is 1. The Morgan fingerprint density at radius 3 is 2.43 bits per heavy atom. The van der Waals surface area contributed by atoms with Gasteiger partial charge in [0.2, 0.25) is 5.91 Å². The van der Waals surface area contributed by atoms with Crippen LogP contribution in [0.15, 0.2) is 24.3 Å². The Bertz CT molecular complexity index is 537. The molecular formula is C19H27NO3. The lowest BCUT2D eigenvalue weighted by Gasteiger charge is -2.19. The zero-order chi connectivity index (χ0) is 16.9. The van der Waals surface area contributed by atoms with Gasteiger partial charge < -0.3 is 10.1 Å². The first-order chi connectivity index (χ1) is 10.9. The first-order valence-corrected chi connectivity index (χ1v) is 8.38. The number of nitrogens with one attached hydrogen (secondary N) is 1. The maximum atomic E-state index is 12.2. The molecule has 1 heterocycles. The van der Waals surface area contributed by atoms with Crippen molar-refractivity contribution in [1.29, 1.82) is 0 Å². The van der Waals surface area contributed by atoms with E-state index in [0.717, 1.165) is 19.4 Å². The molecule has 0 bridgehead atoms. The average molecular weight is 317 g/mol. The van der Waals surface area contributed by atoms with Gasteiger partial charge >= 0.3 is 0 Å². The Labute approximate surface area is 138 Å². The summed E-state index contributed by atoms with van der Waals surface area (Å²) in [4.78, 5) is 24.0. The SMILES string of the molecule is CC(C)(C)c1ccc(C(=O)CCC(=O)NCC2CCCO2)cc1. The Morgan fingerprint density at radius 1 is 1.17 bits per heavy atom. The van der Waals surface area contributed by atoms with Crippen molar-refractivity contribution < 1.29 is 14.3 Å². The Morgan fingerprint density at radius 2 is 1.87 bits per heavy atom. The lowest BCUT2D eigenvalue weighted by molar-refractivity contribution is -0.121. The average Bonchev–Trinajstić information content (AvgIpc) is 3.03. The Hall–Kier alpha value is -1.68. The van der Waals surface area contributed by atoms with Crippen molar-refractivity contribution in [3.05, 3.63) is 35.4 Å². The summed E-state index contributed by atoms with van der Waals surface area (Å²) in [6, 6.07) is 7.69. The van der Waals surface area contributed by atoms with Crippen molar-refractivity contribution in [1.82, 2.24) is 5.32 Å². The van der Waals surface area contributed by atoms with Gasteiger partial charge in [-0.1, -0.05) is 45.0 Å². The molecule has 1 aromatic rings. The monoisotopic (exact) mass is 317 g/mol. The molecule has 4 nitrogen and oxygen atoms in total. The Balaban J connectivity index is 1.76. The number of benzene rings is 1. The third kappa shape index (κ3) is 5.47. The van der Waals surface area contributed by atoms with Crippen LogP contribution in [0.25, 0.3) is 0 Å². The van der Waals surface area contributed by atoms with Crippen LogP contribution in [0.5, 0.6) is 0 Å². The van der Waals surface area contributed by atoms with Crippen LogP contribution < -0.4 is 5.32 Å². The van der Waals surface area contributed by atoms with E-state index in [2.05, 4.69) is 26.1 Å². The normalized spacial score (nSPS) is 18.0. The molecule has 0 spiro atoms. The van der Waals surface area contributed by atoms with E-state index in [1.807, 2.05) is 24.3 Å². The minimum absolute atomic E-state index is 0.0118. The van der Waals surface area contributed by atoms with Crippen molar-refractivity contribution in [3.63, 3.8) is 0 Å². The highest BCUT2D eigenvalue weighted by atomic mass is 16.5. The molecule has 1 aromatic carbocycles. The zero-order valence-electron chi connectivity index (χ0n) is 14.4. The number of ether oxygens (including phenoxy) is 1. The first-order valence-electron chi connectivity index (χ1n) is 8.38. The molecule has 1 amide bonds. The van der Waals surface area contributed by atoms with E-state index in [4.69, 9.17) is 4.74 Å². The van der Waals surface area contributed by atoms with Crippen LogP contribution in [0.2, 0.25) is 0 Å². The third-order valence-electron chi connectivity index (χ3n) is 4.20. The topological polar surface area (TPSA) is 55.4 Å². The fraction of sp³-hybridized carbons (Fsp3) is 0.579. The molecule has 1 aliphatic rings. The summed E-state index contributed by atoms with van der Waals surface area (Å²) in [6.45, 7) is 7.75. The summed E-state index contributed by atoms with van der Waals surface area (Å²) in [6.07, 6.45) is 2.67. The highest BCUT2D eigenvalue weighted by Gasteiger charge is 2.17. The van der Waals surface area contributed by atoms with Crippen molar-refractivity contribution in [2.24, 2.45) is 0 Å². The molecule has 0 aliphatic carbocycles. The van der Waals surface area contributed by atoms with Crippen molar-refractivity contribution >= 4 is 11.7 Å². The lowest BCUT2D eigenvalue weighted by atomic mass is 9.86. The van der Waals surface area contributed by atoms with Crippen LogP contribution >= 0.6 is 0 Å². The van der Waals surface area contributed by atoms with Crippen LogP contribution in [0.3, 0.4) is 0 Å². The van der Waals surface area contributed by atoms with Crippen molar-refractivity contribution in [3.8, 4) is 0 Å². The van der Waals surface area contributed by atoms with Crippen molar-refractivity contribution in [2.45, 2.75) is 58.0 Å². The molecule has 1 aliphatic heterocycles. The van der Waals surface area contributed by atoms with E-state index in [-0.39, 0.29) is 36.1 Å². The van der Waals surface area contributed by atoms with E-state index in [1.54, 1.807) is 0 Å². The molecule has 23 heavy (non-hydrogen) atoms. The van der Waals surface area contributed by atoms with Gasteiger partial charge in [0.25, 0.3) is 0 Å². The van der Waals surface area contributed by atoms with Gasteiger partial charge in [-0.25, -0.2) is 0 Å². The molecule has 0 aromatic heterocycles. The van der Waals surface area contributed by atoms with Gasteiger partial charge in [0, 0.05) is 31.6 Å². The van der Waals surface area contributed by atoms with Crippen LogP contribution in [0.1, 0.15) is 62.4 Å². The van der Waals surface area contributed by atoms with Gasteiger partial charge in [0.15, 0.2) is 5.78 Å². The van der Waals surface area contributed by atoms with E-state index >= 15 is 0 Å². The summed E-state index contributed by atoms with van der Waals surface area (Å²) in [5.41, 5.74) is 1.94. The molecule has 2 rings (SSSR count). The van der Waals surface area contributed by atoms with Crippen LogP contribution in [0.4, 0.5) is 0 Å². The van der Waals surface area contributed by atoms with Crippen LogP contribution in [-0.2, 0) is 14.9 Å². The zero-order valence-corrected chi connectivity index (χ0v) is 14.4. The minimum Gasteiger partial charge on any atom is -0.376 e. The largest absolute Gasteiger partial charge is 0.376 e. The fourth-order valence-electron chi connectivity index (χ4n) is 2.65. The number of amides is 1. The molecule has 1 unspecified atom stereocenters. The van der Waals surface area contributed by atoms with E-state index in [1.165, 1.54) is 5.56 Å². The van der Waals surface area contributed by atoms with Gasteiger partial charge in [0.05, 0.1) is 6.10 Å². The second-order valence-electron chi connectivity index (χ2n) is 7.19. The van der Waals surface area contributed by atoms with Crippen LogP contribution in [0, 0.1) is 0 Å². The number of carbonyl (C=O) groups is 2. The maximum Gasteiger partial charge on any atom is 0.220 e. The molecular weight excluding hydrogens is 290 g/mol. The Kier molecular flexibility index (Phi) is 5.94. The summed E-state index contributed by atoms with van der Waals surface area (Å²) >= 11 is 0. The van der Waals surface area contributed by atoms with Crippen molar-refractivity contribution in [2.75, 3.05) is 13.2 Å². The smallest absolute Gasteiger partial charge is 0.220 e. The van der Waals surface area contributed by atoms with Gasteiger partial charge in [0.1, 0.15) is 0 Å². The predicted octanol–water partition coefficient (Wildman–Crippen LogP) is 3.24. The molecule has 1 N–H and O–H groups in total. The highest BCUT2D eigenvalue weighted by molar-refractivity contribution is 5.98. The van der Waals surface area contributed by atoms with Crippen LogP contribution in [-0.4, -0.2) is 30.9 Å². The summed E-state index contributed by atoms with van der Waals surface area (Å²) in [7, 11) is 0. The fourth-order valence-corrected chi connectivity index (χ4v) is 2.65. The molecule has 4 heteroatoms. The third-order valence-corrected chi connectivity index (χ3v) is 4.20. The molecule has 1 fully saturated rings. The highest BCUT2D eigenvalue weighted by Crippen LogP contribution is 2.22. The minimum atomic E-state index is -0.0832. The molecule has 1 atom stereocenters. The molecule has 0 radical (unpaired) electrons. The van der Waals surface area contributed by atoms with E-state index in [0.29, 0.717) is 12.1 Å². The molecule has 126 valence electrons. The number of rotatable bonds is 6. The van der Waals surface area contributed by atoms with Gasteiger partial charge in [-0.15, -0.1) is 0 Å². The number of ketones is 1. The lowest BCUT2D eigenvalue weighted by Crippen LogP contribution is -2.31. The molecule has 1 saturated heterocycles. The van der Waals surface area contributed by atoms with Gasteiger partial charge in [-0.3, -0.25) is 9.59 Å². The summed E-state index contributed by atoms with van der Waals surface area (Å²) in [5, 5.41) is 2.84. The first kappa shape index (κ1) is 17.7.